The summed E-state index contributed by atoms with van der Waals surface area (Å²) in [4.78, 5) is 30.5. The third kappa shape index (κ3) is 3.56. The monoisotopic (exact) mass is 298 g/mol. The molecule has 0 saturated carbocycles. The van der Waals surface area contributed by atoms with Crippen LogP contribution in [0.15, 0.2) is 5.51 Å². The Kier molecular flexibility index (Phi) is 5.68. The summed E-state index contributed by atoms with van der Waals surface area (Å²) in [5, 5.41) is 9.38. The minimum atomic E-state index is -0.950. The number of amides is 1. The molecule has 1 heterocycles. The summed E-state index contributed by atoms with van der Waals surface area (Å²) in [6, 6.07) is 0. The van der Waals surface area contributed by atoms with Gasteiger partial charge in [0.05, 0.1) is 23.2 Å². The van der Waals surface area contributed by atoms with Crippen LogP contribution in [0.3, 0.4) is 0 Å². The van der Waals surface area contributed by atoms with E-state index >= 15 is 0 Å². The van der Waals surface area contributed by atoms with Crippen molar-refractivity contribution in [2.24, 2.45) is 5.41 Å². The SMILES string of the molecule is CCC(CC)(CC(=O)N(C)Cc1scnc1C)C(=O)O. The summed E-state index contributed by atoms with van der Waals surface area (Å²) in [5.74, 6) is -1.03. The quantitative estimate of drug-likeness (QED) is 0.840. The minimum absolute atomic E-state index is 0.0453. The maximum Gasteiger partial charge on any atom is 0.310 e. The molecule has 0 radical (unpaired) electrons. The van der Waals surface area contributed by atoms with E-state index in [4.69, 9.17) is 0 Å². The van der Waals surface area contributed by atoms with Gasteiger partial charge in [-0.15, -0.1) is 11.3 Å². The number of rotatable bonds is 7. The second-order valence-electron chi connectivity index (χ2n) is 5.08. The maximum atomic E-state index is 12.3. The summed E-state index contributed by atoms with van der Waals surface area (Å²) < 4.78 is 0. The fourth-order valence-electron chi connectivity index (χ4n) is 2.08. The first-order valence-corrected chi connectivity index (χ1v) is 7.60. The van der Waals surface area contributed by atoms with E-state index < -0.39 is 11.4 Å². The van der Waals surface area contributed by atoms with Crippen molar-refractivity contribution in [1.29, 1.82) is 0 Å². The molecule has 0 atom stereocenters. The van der Waals surface area contributed by atoms with Crippen molar-refractivity contribution < 1.29 is 14.7 Å². The fourth-order valence-corrected chi connectivity index (χ4v) is 2.91. The molecule has 1 aromatic rings. The Balaban J connectivity index is 2.74. The number of carboxylic acids is 1. The predicted molar refractivity (Wildman–Crippen MR) is 78.6 cm³/mol. The van der Waals surface area contributed by atoms with E-state index in [1.54, 1.807) is 17.5 Å². The third-order valence-corrected chi connectivity index (χ3v) is 4.87. The number of carbonyl (C=O) groups is 2. The van der Waals surface area contributed by atoms with Crippen molar-refractivity contribution in [2.75, 3.05) is 7.05 Å². The molecule has 5 nitrogen and oxygen atoms in total. The molecule has 112 valence electrons. The fraction of sp³-hybridized carbons (Fsp3) is 0.643. The normalized spacial score (nSPS) is 11.4. The van der Waals surface area contributed by atoms with Crippen LogP contribution in [0.25, 0.3) is 0 Å². The predicted octanol–water partition coefficient (Wildman–Crippen LogP) is 2.69. The van der Waals surface area contributed by atoms with Gasteiger partial charge in [-0.1, -0.05) is 13.8 Å². The van der Waals surface area contributed by atoms with Gasteiger partial charge in [0.25, 0.3) is 0 Å². The Labute approximate surface area is 123 Å². The van der Waals surface area contributed by atoms with Crippen LogP contribution in [0.1, 0.15) is 43.7 Å². The standard InChI is InChI=1S/C14H22N2O3S/c1-5-14(6-2,13(18)19)7-12(17)16(4)8-11-10(3)15-9-20-11/h9H,5-8H2,1-4H3,(H,18,19). The Hall–Kier alpha value is -1.43. The van der Waals surface area contributed by atoms with E-state index in [-0.39, 0.29) is 12.3 Å². The highest BCUT2D eigenvalue weighted by Crippen LogP contribution is 2.32. The number of hydrogen-bond donors (Lipinski definition) is 1. The first-order valence-electron chi connectivity index (χ1n) is 6.72. The van der Waals surface area contributed by atoms with Gasteiger partial charge in [-0.25, -0.2) is 4.98 Å². The number of carboxylic acid groups (broad SMARTS) is 1. The zero-order valence-electron chi connectivity index (χ0n) is 12.5. The zero-order valence-corrected chi connectivity index (χ0v) is 13.3. The second kappa shape index (κ2) is 6.83. The number of nitrogens with zero attached hydrogens (tertiary/aromatic N) is 2. The molecule has 0 unspecified atom stereocenters. The second-order valence-corrected chi connectivity index (χ2v) is 6.02. The van der Waals surface area contributed by atoms with Gasteiger partial charge in [-0.2, -0.15) is 0 Å². The summed E-state index contributed by atoms with van der Waals surface area (Å²) in [7, 11) is 1.71. The maximum absolute atomic E-state index is 12.3. The molecule has 1 N–H and O–H groups in total. The topological polar surface area (TPSA) is 70.5 Å². The average molecular weight is 298 g/mol. The number of aromatic nitrogens is 1. The number of aliphatic carboxylic acids is 1. The lowest BCUT2D eigenvalue weighted by Gasteiger charge is -2.28. The van der Waals surface area contributed by atoms with Gasteiger partial charge in [0.2, 0.25) is 5.91 Å². The zero-order chi connectivity index (χ0) is 15.3. The van der Waals surface area contributed by atoms with Crippen LogP contribution in [-0.4, -0.2) is 33.9 Å². The summed E-state index contributed by atoms with van der Waals surface area (Å²) in [6.07, 6.45) is 0.958. The first kappa shape index (κ1) is 16.6. The molecule has 0 aliphatic rings. The van der Waals surface area contributed by atoms with Crippen LogP contribution in [0.5, 0.6) is 0 Å². The van der Waals surface area contributed by atoms with E-state index in [9.17, 15) is 14.7 Å². The van der Waals surface area contributed by atoms with Crippen LogP contribution in [0, 0.1) is 12.3 Å². The molecule has 20 heavy (non-hydrogen) atoms. The number of hydrogen-bond acceptors (Lipinski definition) is 4. The lowest BCUT2D eigenvalue weighted by Crippen LogP contribution is -2.37. The van der Waals surface area contributed by atoms with Gasteiger partial charge in [-0.05, 0) is 19.8 Å². The molecule has 6 heteroatoms. The van der Waals surface area contributed by atoms with E-state index in [1.165, 1.54) is 11.3 Å². The van der Waals surface area contributed by atoms with Gasteiger partial charge in [0.15, 0.2) is 0 Å². The van der Waals surface area contributed by atoms with Gasteiger partial charge in [-0.3, -0.25) is 9.59 Å². The molecule has 0 saturated heterocycles. The number of aryl methyl sites for hydroxylation is 1. The van der Waals surface area contributed by atoms with E-state index in [0.717, 1.165) is 10.6 Å². The highest BCUT2D eigenvalue weighted by molar-refractivity contribution is 7.09. The van der Waals surface area contributed by atoms with Gasteiger partial charge in [0.1, 0.15) is 0 Å². The van der Waals surface area contributed by atoms with E-state index in [1.807, 2.05) is 20.8 Å². The smallest absolute Gasteiger partial charge is 0.310 e. The van der Waals surface area contributed by atoms with Crippen molar-refractivity contribution in [2.45, 2.75) is 46.6 Å². The average Bonchev–Trinajstić information content (AvgIpc) is 2.81. The molecule has 0 aliphatic carbocycles. The van der Waals surface area contributed by atoms with Crippen molar-refractivity contribution >= 4 is 23.2 Å². The molecule has 0 aliphatic heterocycles. The van der Waals surface area contributed by atoms with Gasteiger partial charge < -0.3 is 10.0 Å². The van der Waals surface area contributed by atoms with Crippen LogP contribution in [-0.2, 0) is 16.1 Å². The largest absolute Gasteiger partial charge is 0.481 e. The first-order chi connectivity index (χ1) is 9.36. The molecule has 1 amide bonds. The van der Waals surface area contributed by atoms with Crippen molar-refractivity contribution in [3.8, 4) is 0 Å². The molecule has 1 aromatic heterocycles. The summed E-state index contributed by atoms with van der Waals surface area (Å²) >= 11 is 1.51. The molecule has 0 spiro atoms. The summed E-state index contributed by atoms with van der Waals surface area (Å²) in [6.45, 7) is 6.03. The lowest BCUT2D eigenvalue weighted by molar-refractivity contribution is -0.154. The van der Waals surface area contributed by atoms with Gasteiger partial charge >= 0.3 is 5.97 Å². The van der Waals surface area contributed by atoms with Crippen molar-refractivity contribution in [3.05, 3.63) is 16.1 Å². The molecule has 0 aromatic carbocycles. The van der Waals surface area contributed by atoms with E-state index in [0.29, 0.717) is 19.4 Å². The van der Waals surface area contributed by atoms with Crippen LogP contribution >= 0.6 is 11.3 Å². The Morgan fingerprint density at radius 1 is 1.40 bits per heavy atom. The Morgan fingerprint density at radius 3 is 2.40 bits per heavy atom. The van der Waals surface area contributed by atoms with Crippen LogP contribution in [0.2, 0.25) is 0 Å². The lowest BCUT2D eigenvalue weighted by atomic mass is 9.79. The van der Waals surface area contributed by atoms with Crippen LogP contribution < -0.4 is 0 Å². The molecule has 1 rings (SSSR count). The molecule has 0 fully saturated rings. The summed E-state index contributed by atoms with van der Waals surface area (Å²) in [5.41, 5.74) is 1.72. The molecule has 0 bridgehead atoms. The van der Waals surface area contributed by atoms with Crippen molar-refractivity contribution in [3.63, 3.8) is 0 Å². The molecular formula is C14H22N2O3S. The van der Waals surface area contributed by atoms with Crippen molar-refractivity contribution in [1.82, 2.24) is 9.88 Å². The van der Waals surface area contributed by atoms with Crippen LogP contribution in [0.4, 0.5) is 0 Å². The number of carbonyl (C=O) groups excluding carboxylic acids is 1. The third-order valence-electron chi connectivity index (χ3n) is 3.95. The molecular weight excluding hydrogens is 276 g/mol. The van der Waals surface area contributed by atoms with Gasteiger partial charge in [0, 0.05) is 18.3 Å². The highest BCUT2D eigenvalue weighted by atomic mass is 32.1. The Morgan fingerprint density at radius 2 is 2.00 bits per heavy atom. The number of thiazole rings is 1. The Bertz CT molecular complexity index is 481. The van der Waals surface area contributed by atoms with E-state index in [2.05, 4.69) is 4.98 Å². The highest BCUT2D eigenvalue weighted by Gasteiger charge is 2.37. The minimum Gasteiger partial charge on any atom is -0.481 e.